The Morgan fingerprint density at radius 3 is 2.19 bits per heavy atom. The van der Waals surface area contributed by atoms with Crippen molar-refractivity contribution >= 4 is 5.82 Å². The van der Waals surface area contributed by atoms with Gasteiger partial charge >= 0.3 is 0 Å². The van der Waals surface area contributed by atoms with Crippen molar-refractivity contribution in [1.29, 1.82) is 0 Å². The number of hydrogen-bond acceptors (Lipinski definition) is 3. The maximum Gasteiger partial charge on any atom is 0.133 e. The van der Waals surface area contributed by atoms with Gasteiger partial charge in [0, 0.05) is 17.7 Å². The van der Waals surface area contributed by atoms with E-state index in [2.05, 4.69) is 69.0 Å². The predicted octanol–water partition coefficient (Wildman–Crippen LogP) is 4.62. The van der Waals surface area contributed by atoms with E-state index >= 15 is 0 Å². The van der Waals surface area contributed by atoms with Gasteiger partial charge in [0.15, 0.2) is 0 Å². The fourth-order valence-corrected chi connectivity index (χ4v) is 3.00. The number of benzene rings is 1. The fourth-order valence-electron chi connectivity index (χ4n) is 3.00. The van der Waals surface area contributed by atoms with E-state index in [1.54, 1.807) is 6.33 Å². The third-order valence-electron chi connectivity index (χ3n) is 3.72. The Hall–Kier alpha value is -1.90. The van der Waals surface area contributed by atoms with E-state index < -0.39 is 0 Å². The molecule has 2 rings (SSSR count). The molecule has 112 valence electrons. The summed E-state index contributed by atoms with van der Waals surface area (Å²) in [5.74, 6) is 1.33. The van der Waals surface area contributed by atoms with Gasteiger partial charge in [0.05, 0.1) is 5.69 Å². The monoisotopic (exact) mass is 283 g/mol. The highest BCUT2D eigenvalue weighted by molar-refractivity contribution is 5.74. The summed E-state index contributed by atoms with van der Waals surface area (Å²) < 4.78 is 0. The van der Waals surface area contributed by atoms with Gasteiger partial charge in [0.1, 0.15) is 12.1 Å². The predicted molar refractivity (Wildman–Crippen MR) is 89.9 cm³/mol. The van der Waals surface area contributed by atoms with E-state index in [0.29, 0.717) is 5.92 Å². The topological polar surface area (TPSA) is 37.8 Å². The second kappa shape index (κ2) is 6.25. The molecule has 0 radical (unpaired) electrons. The molecule has 0 amide bonds. The lowest BCUT2D eigenvalue weighted by Crippen LogP contribution is -2.08. The van der Waals surface area contributed by atoms with Crippen LogP contribution in [0.5, 0.6) is 0 Å². The molecule has 3 heteroatoms. The summed E-state index contributed by atoms with van der Waals surface area (Å²) in [6.07, 6.45) is 1.66. The Balaban J connectivity index is 2.72. The summed E-state index contributed by atoms with van der Waals surface area (Å²) in [6, 6.07) is 4.45. The highest BCUT2D eigenvalue weighted by Gasteiger charge is 2.18. The zero-order chi connectivity index (χ0) is 15.6. The average Bonchev–Trinajstić information content (AvgIpc) is 2.37. The molecule has 0 aliphatic carbocycles. The zero-order valence-electron chi connectivity index (χ0n) is 13.9. The molecule has 0 unspecified atom stereocenters. The molecular formula is C18H25N3. The summed E-state index contributed by atoms with van der Waals surface area (Å²) >= 11 is 0. The van der Waals surface area contributed by atoms with Crippen LogP contribution in [0.15, 0.2) is 18.5 Å². The van der Waals surface area contributed by atoms with E-state index in [9.17, 15) is 0 Å². The minimum atomic E-state index is 0.371. The first-order valence-corrected chi connectivity index (χ1v) is 7.62. The van der Waals surface area contributed by atoms with Gasteiger partial charge in [-0.25, -0.2) is 9.97 Å². The summed E-state index contributed by atoms with van der Waals surface area (Å²) in [5.41, 5.74) is 7.35. The van der Waals surface area contributed by atoms with Crippen LogP contribution in [0.3, 0.4) is 0 Å². The lowest BCUT2D eigenvalue weighted by atomic mass is 9.91. The van der Waals surface area contributed by atoms with Crippen molar-refractivity contribution in [2.75, 3.05) is 11.9 Å². The highest BCUT2D eigenvalue weighted by atomic mass is 15.0. The summed E-state index contributed by atoms with van der Waals surface area (Å²) in [7, 11) is 0. The average molecular weight is 283 g/mol. The van der Waals surface area contributed by atoms with Gasteiger partial charge in [-0.3, -0.25) is 0 Å². The first kappa shape index (κ1) is 15.5. The summed E-state index contributed by atoms with van der Waals surface area (Å²) in [5, 5.41) is 3.37. The van der Waals surface area contributed by atoms with Crippen molar-refractivity contribution < 1.29 is 0 Å². The minimum Gasteiger partial charge on any atom is -0.370 e. The lowest BCUT2D eigenvalue weighted by molar-refractivity contribution is 0.848. The lowest BCUT2D eigenvalue weighted by Gasteiger charge is -2.19. The molecule has 0 atom stereocenters. The Morgan fingerprint density at radius 2 is 1.67 bits per heavy atom. The number of nitrogens with one attached hydrogen (secondary N) is 1. The van der Waals surface area contributed by atoms with Gasteiger partial charge in [-0.15, -0.1) is 0 Å². The van der Waals surface area contributed by atoms with Crippen LogP contribution in [0.4, 0.5) is 5.82 Å². The Morgan fingerprint density at radius 1 is 1.05 bits per heavy atom. The smallest absolute Gasteiger partial charge is 0.133 e. The van der Waals surface area contributed by atoms with Crippen molar-refractivity contribution in [1.82, 2.24) is 9.97 Å². The van der Waals surface area contributed by atoms with E-state index in [-0.39, 0.29) is 0 Å². The van der Waals surface area contributed by atoms with Crippen LogP contribution in [0.2, 0.25) is 0 Å². The quantitative estimate of drug-likeness (QED) is 0.889. The van der Waals surface area contributed by atoms with Gasteiger partial charge in [0.2, 0.25) is 0 Å². The van der Waals surface area contributed by atoms with E-state index in [1.807, 2.05) is 0 Å². The Labute approximate surface area is 127 Å². The number of hydrogen-bond donors (Lipinski definition) is 1. The largest absolute Gasteiger partial charge is 0.370 e. The second-order valence-corrected chi connectivity index (χ2v) is 5.94. The number of nitrogens with zero attached hydrogens (tertiary/aromatic N) is 2. The molecule has 1 N–H and O–H groups in total. The van der Waals surface area contributed by atoms with Crippen LogP contribution in [0.25, 0.3) is 11.3 Å². The number of aromatic nitrogens is 2. The molecule has 1 aromatic carbocycles. The van der Waals surface area contributed by atoms with Crippen molar-refractivity contribution in [2.24, 2.45) is 0 Å². The van der Waals surface area contributed by atoms with Crippen molar-refractivity contribution in [3.63, 3.8) is 0 Å². The first-order chi connectivity index (χ1) is 9.95. The zero-order valence-corrected chi connectivity index (χ0v) is 13.9. The van der Waals surface area contributed by atoms with Crippen molar-refractivity contribution in [2.45, 2.75) is 47.5 Å². The third-order valence-corrected chi connectivity index (χ3v) is 3.72. The van der Waals surface area contributed by atoms with E-state index in [0.717, 1.165) is 18.1 Å². The molecular weight excluding hydrogens is 258 g/mol. The normalized spacial score (nSPS) is 11.0. The third kappa shape index (κ3) is 3.07. The Bertz CT molecular complexity index is 622. The Kier molecular flexibility index (Phi) is 4.61. The molecule has 3 nitrogen and oxygen atoms in total. The van der Waals surface area contributed by atoms with Crippen LogP contribution >= 0.6 is 0 Å². The van der Waals surface area contributed by atoms with Gasteiger partial charge in [-0.1, -0.05) is 31.5 Å². The van der Waals surface area contributed by atoms with Crippen molar-refractivity contribution in [3.8, 4) is 11.3 Å². The highest BCUT2D eigenvalue weighted by Crippen LogP contribution is 2.35. The van der Waals surface area contributed by atoms with Crippen LogP contribution < -0.4 is 5.32 Å². The van der Waals surface area contributed by atoms with Gasteiger partial charge < -0.3 is 5.32 Å². The molecule has 0 aliphatic heterocycles. The molecule has 2 aromatic rings. The van der Waals surface area contributed by atoms with E-state index in [1.165, 1.54) is 27.8 Å². The van der Waals surface area contributed by atoms with Gasteiger partial charge in [-0.2, -0.15) is 0 Å². The summed E-state index contributed by atoms with van der Waals surface area (Å²) in [6.45, 7) is 13.8. The molecule has 1 aromatic heterocycles. The number of rotatable bonds is 4. The minimum absolute atomic E-state index is 0.371. The second-order valence-electron chi connectivity index (χ2n) is 5.94. The van der Waals surface area contributed by atoms with Crippen LogP contribution in [-0.4, -0.2) is 16.5 Å². The molecule has 0 saturated carbocycles. The molecule has 21 heavy (non-hydrogen) atoms. The molecule has 0 bridgehead atoms. The van der Waals surface area contributed by atoms with Gasteiger partial charge in [0.25, 0.3) is 0 Å². The SMILES string of the molecule is CCNc1ncnc(-c2c(C)cc(C)cc2C)c1C(C)C. The maximum absolute atomic E-state index is 4.61. The summed E-state index contributed by atoms with van der Waals surface area (Å²) in [4.78, 5) is 9.04. The molecule has 1 heterocycles. The standard InChI is InChI=1S/C18H25N3/c1-7-19-18-15(11(2)3)17(20-10-21-18)16-13(5)8-12(4)9-14(16)6/h8-11H,7H2,1-6H3,(H,19,20,21). The van der Waals surface area contributed by atoms with Crippen LogP contribution in [-0.2, 0) is 0 Å². The molecule has 0 aliphatic rings. The number of anilines is 1. The van der Waals surface area contributed by atoms with Crippen LogP contribution in [0, 0.1) is 20.8 Å². The maximum atomic E-state index is 4.61. The van der Waals surface area contributed by atoms with Crippen molar-refractivity contribution in [3.05, 3.63) is 40.7 Å². The molecule has 0 spiro atoms. The molecule has 0 saturated heterocycles. The molecule has 0 fully saturated rings. The van der Waals surface area contributed by atoms with Crippen LogP contribution in [0.1, 0.15) is 48.9 Å². The fraction of sp³-hybridized carbons (Fsp3) is 0.444. The number of aryl methyl sites for hydroxylation is 3. The van der Waals surface area contributed by atoms with E-state index in [4.69, 9.17) is 0 Å². The van der Waals surface area contributed by atoms with Gasteiger partial charge in [-0.05, 0) is 44.7 Å². The first-order valence-electron chi connectivity index (χ1n) is 7.62.